The van der Waals surface area contributed by atoms with Crippen LogP contribution in [0, 0.1) is 0 Å². The third-order valence-corrected chi connectivity index (χ3v) is 8.72. The largest absolute Gasteiger partial charge is 0.477 e. The van der Waals surface area contributed by atoms with Gasteiger partial charge in [-0.2, -0.15) is 4.72 Å². The van der Waals surface area contributed by atoms with Gasteiger partial charge in [-0.15, -0.1) is 0 Å². The Morgan fingerprint density at radius 3 is 2.20 bits per heavy atom. The summed E-state index contributed by atoms with van der Waals surface area (Å²) in [4.78, 5) is 11.5. The number of carbonyl (C=O) groups is 1. The molecule has 0 spiro atoms. The number of halogens is 2. The van der Waals surface area contributed by atoms with Crippen LogP contribution in [0.5, 0.6) is 0 Å². The summed E-state index contributed by atoms with van der Waals surface area (Å²) in [5.41, 5.74) is 0.744. The molecule has 1 atom stereocenters. The lowest BCUT2D eigenvalue weighted by Gasteiger charge is -2.26. The topological polar surface area (TPSA) is 142 Å². The molecule has 13 heteroatoms. The van der Waals surface area contributed by atoms with Crippen molar-refractivity contribution in [1.82, 2.24) is 4.72 Å². The van der Waals surface area contributed by atoms with Crippen LogP contribution in [0.2, 0.25) is 5.02 Å². The molecule has 0 amide bonds. The summed E-state index contributed by atoms with van der Waals surface area (Å²) in [5, 5.41) is 12.5. The zero-order valence-corrected chi connectivity index (χ0v) is 21.5. The Kier molecular flexibility index (Phi) is 6.93. The van der Waals surface area contributed by atoms with Crippen LogP contribution in [-0.2, 0) is 24.8 Å². The molecule has 1 aliphatic rings. The van der Waals surface area contributed by atoms with Gasteiger partial charge in [0, 0.05) is 26.4 Å². The molecule has 182 valence electrons. The van der Waals surface area contributed by atoms with E-state index < -0.39 is 32.1 Å². The standard InChI is InChI=1S/C22H17BrClN3O6S2/c23-17-10-13(24)11-18-21(17)19(12-20(25-18)22(28)29)27-35(32,33)16-8-6-14(7-9-16)26-34(30,31)15-4-2-1-3-5-15/h1-12,19,25-27H,(H,28,29). The van der Waals surface area contributed by atoms with E-state index in [4.69, 9.17) is 11.6 Å². The summed E-state index contributed by atoms with van der Waals surface area (Å²) in [6, 6.07) is 14.9. The molecule has 4 N–H and O–H groups in total. The summed E-state index contributed by atoms with van der Waals surface area (Å²) in [6.07, 6.45) is 1.24. The Balaban J connectivity index is 1.61. The average Bonchev–Trinajstić information content (AvgIpc) is 2.78. The summed E-state index contributed by atoms with van der Waals surface area (Å²) < 4.78 is 56.5. The monoisotopic (exact) mass is 597 g/mol. The highest BCUT2D eigenvalue weighted by atomic mass is 79.9. The molecule has 1 aliphatic heterocycles. The third-order valence-electron chi connectivity index (χ3n) is 4.99. The predicted octanol–water partition coefficient (Wildman–Crippen LogP) is 4.32. The molecule has 0 fully saturated rings. The molecule has 1 unspecified atom stereocenters. The number of nitrogens with one attached hydrogen (secondary N) is 3. The van der Waals surface area contributed by atoms with E-state index in [9.17, 15) is 26.7 Å². The van der Waals surface area contributed by atoms with Gasteiger partial charge in [-0.3, -0.25) is 4.72 Å². The minimum absolute atomic E-state index is 0.0645. The molecule has 35 heavy (non-hydrogen) atoms. The van der Waals surface area contributed by atoms with Crippen LogP contribution in [-0.4, -0.2) is 27.9 Å². The second-order valence-corrected chi connectivity index (χ2v) is 12.1. The van der Waals surface area contributed by atoms with E-state index in [2.05, 4.69) is 30.7 Å². The van der Waals surface area contributed by atoms with Gasteiger partial charge in [-0.1, -0.05) is 45.7 Å². The normalized spacial score (nSPS) is 15.5. The Morgan fingerprint density at radius 2 is 1.57 bits per heavy atom. The van der Waals surface area contributed by atoms with Gasteiger partial charge in [-0.25, -0.2) is 21.6 Å². The van der Waals surface area contributed by atoms with E-state index in [0.29, 0.717) is 20.7 Å². The molecular formula is C22H17BrClN3O6S2. The van der Waals surface area contributed by atoms with Gasteiger partial charge in [-0.05, 0) is 54.6 Å². The molecular weight excluding hydrogens is 582 g/mol. The number of aliphatic carboxylic acids is 1. The SMILES string of the molecule is O=C(O)C1=CC(NS(=O)(=O)c2ccc(NS(=O)(=O)c3ccccc3)cc2)c2c(Br)cc(Cl)cc2N1. The lowest BCUT2D eigenvalue weighted by molar-refractivity contribution is -0.132. The fraction of sp³-hybridized carbons (Fsp3) is 0.0455. The number of fused-ring (bicyclic) bond motifs is 1. The fourth-order valence-electron chi connectivity index (χ4n) is 3.41. The first-order valence-corrected chi connectivity index (χ1v) is 14.0. The van der Waals surface area contributed by atoms with E-state index in [-0.39, 0.29) is 21.2 Å². The molecule has 3 aromatic carbocycles. The van der Waals surface area contributed by atoms with Gasteiger partial charge in [0.2, 0.25) is 10.0 Å². The molecule has 0 saturated carbocycles. The van der Waals surface area contributed by atoms with Crippen LogP contribution in [0.3, 0.4) is 0 Å². The Labute approximate surface area is 215 Å². The molecule has 0 aliphatic carbocycles. The molecule has 0 saturated heterocycles. The minimum Gasteiger partial charge on any atom is -0.477 e. The zero-order valence-electron chi connectivity index (χ0n) is 17.6. The third kappa shape index (κ3) is 5.52. The lowest BCUT2D eigenvalue weighted by atomic mass is 10.0. The van der Waals surface area contributed by atoms with Crippen LogP contribution in [0.4, 0.5) is 11.4 Å². The highest BCUT2D eigenvalue weighted by Gasteiger charge is 2.29. The average molecular weight is 599 g/mol. The molecule has 9 nitrogen and oxygen atoms in total. The van der Waals surface area contributed by atoms with Crippen LogP contribution >= 0.6 is 27.5 Å². The van der Waals surface area contributed by atoms with Gasteiger partial charge in [0.05, 0.1) is 15.8 Å². The van der Waals surface area contributed by atoms with E-state index in [0.717, 1.165) is 0 Å². The van der Waals surface area contributed by atoms with Crippen molar-refractivity contribution in [3.63, 3.8) is 0 Å². The predicted molar refractivity (Wildman–Crippen MR) is 135 cm³/mol. The summed E-state index contributed by atoms with van der Waals surface area (Å²) >= 11 is 9.41. The molecule has 4 rings (SSSR count). The van der Waals surface area contributed by atoms with E-state index in [1.54, 1.807) is 24.3 Å². The van der Waals surface area contributed by atoms with Crippen molar-refractivity contribution in [3.05, 3.63) is 93.6 Å². The van der Waals surface area contributed by atoms with Gasteiger partial charge < -0.3 is 10.4 Å². The second-order valence-electron chi connectivity index (χ2n) is 7.40. The Morgan fingerprint density at radius 1 is 0.943 bits per heavy atom. The molecule has 0 aromatic heterocycles. The van der Waals surface area contributed by atoms with Crippen molar-refractivity contribution in [3.8, 4) is 0 Å². The van der Waals surface area contributed by atoms with Crippen molar-refractivity contribution >= 4 is 64.9 Å². The summed E-state index contributed by atoms with van der Waals surface area (Å²) in [7, 11) is -7.98. The Bertz CT molecular complexity index is 1540. The quantitative estimate of drug-likeness (QED) is 0.317. The first kappa shape index (κ1) is 25.2. The molecule has 0 radical (unpaired) electrons. The van der Waals surface area contributed by atoms with E-state index >= 15 is 0 Å². The second kappa shape index (κ2) is 9.63. The molecule has 1 heterocycles. The Hall–Kier alpha value is -2.90. The smallest absolute Gasteiger partial charge is 0.352 e. The molecule has 0 bridgehead atoms. The van der Waals surface area contributed by atoms with Crippen LogP contribution in [0.25, 0.3) is 0 Å². The number of benzene rings is 3. The van der Waals surface area contributed by atoms with Crippen molar-refractivity contribution < 1.29 is 26.7 Å². The maximum absolute atomic E-state index is 13.1. The van der Waals surface area contributed by atoms with Crippen molar-refractivity contribution in [1.29, 1.82) is 0 Å². The van der Waals surface area contributed by atoms with Crippen molar-refractivity contribution in [2.24, 2.45) is 0 Å². The number of carboxylic acid groups (broad SMARTS) is 1. The van der Waals surface area contributed by atoms with Gasteiger partial charge in [0.15, 0.2) is 0 Å². The van der Waals surface area contributed by atoms with E-state index in [1.165, 1.54) is 48.5 Å². The van der Waals surface area contributed by atoms with Crippen molar-refractivity contribution in [2.45, 2.75) is 15.8 Å². The summed E-state index contributed by atoms with van der Waals surface area (Å²) in [5.74, 6) is -1.27. The maximum atomic E-state index is 13.1. The number of anilines is 2. The number of rotatable bonds is 7. The fourth-order valence-corrected chi connectivity index (χ4v) is 6.70. The van der Waals surface area contributed by atoms with Gasteiger partial charge >= 0.3 is 5.97 Å². The van der Waals surface area contributed by atoms with Gasteiger partial charge in [0.25, 0.3) is 10.0 Å². The van der Waals surface area contributed by atoms with Crippen LogP contribution < -0.4 is 14.8 Å². The number of carboxylic acids is 1. The van der Waals surface area contributed by atoms with Gasteiger partial charge in [0.1, 0.15) is 5.70 Å². The van der Waals surface area contributed by atoms with E-state index in [1.807, 2.05) is 0 Å². The number of hydrogen-bond acceptors (Lipinski definition) is 6. The van der Waals surface area contributed by atoms with Crippen LogP contribution in [0.1, 0.15) is 11.6 Å². The molecule has 3 aromatic rings. The maximum Gasteiger partial charge on any atom is 0.352 e. The first-order valence-electron chi connectivity index (χ1n) is 9.87. The lowest BCUT2D eigenvalue weighted by Crippen LogP contribution is -2.32. The number of hydrogen-bond donors (Lipinski definition) is 4. The zero-order chi connectivity index (χ0) is 25.4. The van der Waals surface area contributed by atoms with Crippen molar-refractivity contribution in [2.75, 3.05) is 10.0 Å². The highest BCUT2D eigenvalue weighted by Crippen LogP contribution is 2.39. The summed E-state index contributed by atoms with van der Waals surface area (Å²) in [6.45, 7) is 0. The number of sulfonamides is 2. The first-order chi connectivity index (χ1) is 16.5. The minimum atomic E-state index is -4.14. The van der Waals surface area contributed by atoms with Crippen LogP contribution in [0.15, 0.2) is 92.8 Å². The highest BCUT2D eigenvalue weighted by molar-refractivity contribution is 9.10.